The Labute approximate surface area is 293 Å². The molecule has 0 aliphatic carbocycles. The lowest BCUT2D eigenvalue weighted by molar-refractivity contribution is -0.139. The number of hydrogen-bond acceptors (Lipinski definition) is 10. The first-order valence-corrected chi connectivity index (χ1v) is 18.8. The van der Waals surface area contributed by atoms with Gasteiger partial charge in [0.25, 0.3) is 0 Å². The van der Waals surface area contributed by atoms with Crippen molar-refractivity contribution in [2.75, 3.05) is 41.4 Å². The van der Waals surface area contributed by atoms with Gasteiger partial charge in [-0.3, -0.25) is 4.79 Å². The topological polar surface area (TPSA) is 129 Å². The third-order valence-corrected chi connectivity index (χ3v) is 12.0. The van der Waals surface area contributed by atoms with Gasteiger partial charge in [0.05, 0.1) is 11.5 Å². The summed E-state index contributed by atoms with van der Waals surface area (Å²) >= 11 is 13.7. The highest BCUT2D eigenvalue weighted by Crippen LogP contribution is 2.37. The fraction of sp³-hybridized carbons (Fsp3) is 0.324. The van der Waals surface area contributed by atoms with E-state index in [4.69, 9.17) is 27.9 Å². The molecular formula is C34H34Cl2N4O6S2. The van der Waals surface area contributed by atoms with Crippen molar-refractivity contribution in [3.05, 3.63) is 98.4 Å². The minimum atomic E-state index is -3.52. The molecule has 3 aliphatic heterocycles. The zero-order chi connectivity index (χ0) is 33.8. The van der Waals surface area contributed by atoms with Gasteiger partial charge in [0.15, 0.2) is 9.84 Å². The molecule has 0 bridgehead atoms. The minimum Gasteiger partial charge on any atom is -0.464 e. The zero-order valence-electron chi connectivity index (χ0n) is 25.8. The number of aromatic nitrogens is 1. The van der Waals surface area contributed by atoms with Crippen LogP contribution >= 0.6 is 34.5 Å². The van der Waals surface area contributed by atoms with Crippen molar-refractivity contribution in [1.29, 1.82) is 0 Å². The lowest BCUT2D eigenvalue weighted by Crippen LogP contribution is -2.44. The molecule has 3 aromatic carbocycles. The van der Waals surface area contributed by atoms with Crippen molar-refractivity contribution in [2.24, 2.45) is 0 Å². The Hall–Kier alpha value is -3.68. The first kappa shape index (κ1) is 34.2. The second-order valence-corrected chi connectivity index (χ2v) is 15.3. The normalized spacial score (nSPS) is 17.3. The van der Waals surface area contributed by atoms with Gasteiger partial charge in [-0.1, -0.05) is 35.3 Å². The van der Waals surface area contributed by atoms with E-state index in [1.54, 1.807) is 23.7 Å². The summed E-state index contributed by atoms with van der Waals surface area (Å²) in [5.41, 5.74) is 4.63. The van der Waals surface area contributed by atoms with Gasteiger partial charge in [0.2, 0.25) is 5.91 Å². The number of nitrogens with one attached hydrogen (secondary N) is 1. The van der Waals surface area contributed by atoms with E-state index in [2.05, 4.69) is 15.2 Å². The molecule has 1 fully saturated rings. The van der Waals surface area contributed by atoms with Crippen molar-refractivity contribution in [3.8, 4) is 0 Å². The van der Waals surface area contributed by atoms with E-state index in [-0.39, 0.29) is 41.6 Å². The number of carbonyl (C=O) groups is 2. The Morgan fingerprint density at radius 1 is 1.02 bits per heavy atom. The molecule has 14 heteroatoms. The molecular weight excluding hydrogens is 695 g/mol. The highest BCUT2D eigenvalue weighted by Gasteiger charge is 2.36. The molecule has 0 saturated carbocycles. The molecule has 3 aliphatic rings. The second-order valence-electron chi connectivity index (χ2n) is 11.6. The van der Waals surface area contributed by atoms with Crippen LogP contribution < -0.4 is 15.1 Å². The van der Waals surface area contributed by atoms with Crippen LogP contribution in [0.15, 0.2) is 77.1 Å². The van der Waals surface area contributed by atoms with E-state index >= 15 is 0 Å². The molecule has 0 unspecified atom stereocenters. The summed E-state index contributed by atoms with van der Waals surface area (Å²) in [6.45, 7) is 1.89. The summed E-state index contributed by atoms with van der Waals surface area (Å²) < 4.78 is 30.2. The van der Waals surface area contributed by atoms with Crippen molar-refractivity contribution in [2.45, 2.75) is 48.4 Å². The molecule has 4 heterocycles. The van der Waals surface area contributed by atoms with Crippen molar-refractivity contribution >= 4 is 73.3 Å². The Morgan fingerprint density at radius 3 is 2.35 bits per heavy atom. The van der Waals surface area contributed by atoms with Gasteiger partial charge in [-0.05, 0) is 78.9 Å². The van der Waals surface area contributed by atoms with Crippen LogP contribution in [0.1, 0.15) is 29.0 Å². The number of carbonyl (C=O) groups excluding carboxylic acids is 2. The van der Waals surface area contributed by atoms with Crippen LogP contribution in [0.2, 0.25) is 10.0 Å². The second kappa shape index (κ2) is 14.8. The molecule has 1 aromatic heterocycles. The number of aliphatic hydroxyl groups is 1. The summed E-state index contributed by atoms with van der Waals surface area (Å²) in [4.78, 5) is 32.9. The first-order chi connectivity index (χ1) is 23.2. The van der Waals surface area contributed by atoms with Crippen LogP contribution in [-0.4, -0.2) is 68.8 Å². The number of esters is 1. The molecule has 0 spiro atoms. The van der Waals surface area contributed by atoms with Gasteiger partial charge < -0.3 is 25.0 Å². The van der Waals surface area contributed by atoms with E-state index in [1.165, 1.54) is 23.5 Å². The molecule has 1 amide bonds. The molecule has 10 nitrogen and oxygen atoms in total. The van der Waals surface area contributed by atoms with Gasteiger partial charge >= 0.3 is 5.97 Å². The average Bonchev–Trinajstić information content (AvgIpc) is 3.89. The molecule has 48 heavy (non-hydrogen) atoms. The number of halogens is 2. The fourth-order valence-electron chi connectivity index (χ4n) is 6.34. The highest BCUT2D eigenvalue weighted by molar-refractivity contribution is 7.90. The summed E-state index contributed by atoms with van der Waals surface area (Å²) in [5, 5.41) is 16.1. The van der Waals surface area contributed by atoms with Gasteiger partial charge in [0, 0.05) is 64.8 Å². The summed E-state index contributed by atoms with van der Waals surface area (Å²) in [7, 11) is -3.52. The number of rotatable bonds is 9. The van der Waals surface area contributed by atoms with Crippen LogP contribution in [0.3, 0.4) is 0 Å². The number of sulfone groups is 1. The molecule has 2 atom stereocenters. The van der Waals surface area contributed by atoms with Crippen molar-refractivity contribution in [1.82, 2.24) is 4.98 Å². The lowest BCUT2D eigenvalue weighted by Gasteiger charge is -2.29. The molecule has 252 valence electrons. The number of amides is 1. The third kappa shape index (κ3) is 7.32. The van der Waals surface area contributed by atoms with Crippen LogP contribution in [0.25, 0.3) is 0 Å². The summed E-state index contributed by atoms with van der Waals surface area (Å²) in [6, 6.07) is 16.9. The Kier molecular flexibility index (Phi) is 10.6. The number of aliphatic hydroxyl groups excluding tert-OH is 1. The number of ether oxygens (including phenoxy) is 1. The number of cyclic esters (lactones) is 1. The van der Waals surface area contributed by atoms with Crippen LogP contribution in [0.4, 0.5) is 17.1 Å². The number of nitrogens with zero attached hydrogens (tertiary/aromatic N) is 3. The number of benzene rings is 3. The van der Waals surface area contributed by atoms with Crippen LogP contribution in [-0.2, 0) is 42.8 Å². The molecule has 7 rings (SSSR count). The number of hydrogen-bond donors (Lipinski definition) is 2. The van der Waals surface area contributed by atoms with Crippen molar-refractivity contribution < 1.29 is 27.9 Å². The summed E-state index contributed by atoms with van der Waals surface area (Å²) in [5.74, 6) is -0.538. The maximum absolute atomic E-state index is 13.1. The molecule has 2 N–H and O–H groups in total. The number of anilines is 3. The quantitative estimate of drug-likeness (QED) is 0.214. The third-order valence-electron chi connectivity index (χ3n) is 8.66. The summed E-state index contributed by atoms with van der Waals surface area (Å²) in [6.07, 6.45) is 4.27. The van der Waals surface area contributed by atoms with Gasteiger partial charge in [-0.2, -0.15) is 0 Å². The monoisotopic (exact) mass is 728 g/mol. The predicted octanol–water partition coefficient (Wildman–Crippen LogP) is 5.54. The maximum atomic E-state index is 13.1. The maximum Gasteiger partial charge on any atom is 0.328 e. The highest BCUT2D eigenvalue weighted by atomic mass is 35.5. The van der Waals surface area contributed by atoms with E-state index in [0.717, 1.165) is 53.3 Å². The number of fused-ring (bicyclic) bond motifs is 2. The molecule has 0 radical (unpaired) electrons. The molecule has 1 saturated heterocycles. The van der Waals surface area contributed by atoms with Crippen LogP contribution in [0.5, 0.6) is 0 Å². The van der Waals surface area contributed by atoms with E-state index in [9.17, 15) is 23.1 Å². The largest absolute Gasteiger partial charge is 0.464 e. The fourth-order valence-corrected chi connectivity index (χ4v) is 9.12. The standard InChI is InChI=1S/C22H22ClN3O4S2.C12H12ClNO2/c23-18-2-1-3-19-17(18)8-11-26(19)20(9-12-27)22(28)25-15-4-6-16(7-5-15)32(29,30)14-21-24-10-13-31-21;13-9-2-1-3-10-8(9)4-6-14(10)11-5-7-16-12(11)15/h1-7,10,13,20,27H,8-9,11-12,14H2,(H,25,28);1-3,11H,4-7H2/t20-;11-/m00/s1. The number of thiazole rings is 1. The minimum absolute atomic E-state index is 0.104. The molecule has 4 aromatic rings. The van der Waals surface area contributed by atoms with Gasteiger partial charge in [-0.25, -0.2) is 18.2 Å². The smallest absolute Gasteiger partial charge is 0.328 e. The van der Waals surface area contributed by atoms with Crippen LogP contribution in [0, 0.1) is 0 Å². The van der Waals surface area contributed by atoms with E-state index < -0.39 is 15.9 Å². The van der Waals surface area contributed by atoms with Crippen molar-refractivity contribution in [3.63, 3.8) is 0 Å². The van der Waals surface area contributed by atoms with Gasteiger partial charge in [-0.15, -0.1) is 11.3 Å². The lowest BCUT2D eigenvalue weighted by atomic mass is 10.1. The SMILES string of the molecule is O=C(Nc1ccc(S(=O)(=O)Cc2nccs2)cc1)[C@H](CCO)N1CCc2c(Cl)cccc21.O=C1OCC[C@@H]1N1CCc2c(Cl)cccc21. The van der Waals surface area contributed by atoms with E-state index in [0.29, 0.717) is 28.9 Å². The van der Waals surface area contributed by atoms with Gasteiger partial charge in [0.1, 0.15) is 22.8 Å². The average molecular weight is 730 g/mol. The first-order valence-electron chi connectivity index (χ1n) is 15.5. The Morgan fingerprint density at radius 2 is 1.71 bits per heavy atom. The van der Waals surface area contributed by atoms with E-state index in [1.807, 2.05) is 41.3 Å². The zero-order valence-corrected chi connectivity index (χ0v) is 29.0. The Balaban J connectivity index is 0.000000208. The predicted molar refractivity (Wildman–Crippen MR) is 188 cm³/mol. The Bertz CT molecular complexity index is 1890.